The quantitative estimate of drug-likeness (QED) is 0.683. The predicted molar refractivity (Wildman–Crippen MR) is 76.1 cm³/mol. The Hall–Kier alpha value is -0.0800. The van der Waals surface area contributed by atoms with E-state index in [2.05, 4.69) is 26.1 Å². The molecule has 0 aromatic rings. The molecule has 3 N–H and O–H groups in total. The van der Waals surface area contributed by atoms with Crippen LogP contribution in [0.5, 0.6) is 0 Å². The number of rotatable bonds is 8. The molecule has 2 heteroatoms. The average Bonchev–Trinajstić information content (AvgIpc) is 2.65. The van der Waals surface area contributed by atoms with Crippen molar-refractivity contribution in [3.63, 3.8) is 0 Å². The van der Waals surface area contributed by atoms with E-state index in [1.54, 1.807) is 0 Å². The Morgan fingerprint density at radius 1 is 1.18 bits per heavy atom. The highest BCUT2D eigenvalue weighted by molar-refractivity contribution is 4.82. The van der Waals surface area contributed by atoms with Crippen molar-refractivity contribution >= 4 is 0 Å². The molecule has 2 atom stereocenters. The third-order valence-corrected chi connectivity index (χ3v) is 4.21. The molecule has 1 fully saturated rings. The fraction of sp³-hybridized carbons (Fsp3) is 1.00. The standard InChI is InChI=1S/C15H32N2/c1-13(7-6-8-14(2)16)11-17-12-15(3)9-4-5-10-15/h13-14,17H,4-12,16H2,1-3H3. The largest absolute Gasteiger partial charge is 0.328 e. The summed E-state index contributed by atoms with van der Waals surface area (Å²) in [6.07, 6.45) is 9.45. The Kier molecular flexibility index (Phi) is 6.50. The first-order chi connectivity index (χ1) is 8.02. The van der Waals surface area contributed by atoms with Gasteiger partial charge in [-0.05, 0) is 50.5 Å². The van der Waals surface area contributed by atoms with Gasteiger partial charge in [0.05, 0.1) is 0 Å². The first-order valence-electron chi connectivity index (χ1n) is 7.48. The lowest BCUT2D eigenvalue weighted by Crippen LogP contribution is -2.32. The van der Waals surface area contributed by atoms with Crippen LogP contribution in [0.2, 0.25) is 0 Å². The van der Waals surface area contributed by atoms with Gasteiger partial charge < -0.3 is 11.1 Å². The second kappa shape index (κ2) is 7.38. The predicted octanol–water partition coefficient (Wildman–Crippen LogP) is 3.31. The molecule has 0 bridgehead atoms. The molecule has 0 saturated heterocycles. The summed E-state index contributed by atoms with van der Waals surface area (Å²) >= 11 is 0. The monoisotopic (exact) mass is 240 g/mol. The van der Waals surface area contributed by atoms with Crippen molar-refractivity contribution in [3.05, 3.63) is 0 Å². The van der Waals surface area contributed by atoms with Crippen molar-refractivity contribution in [3.8, 4) is 0 Å². The minimum atomic E-state index is 0.368. The van der Waals surface area contributed by atoms with E-state index in [9.17, 15) is 0 Å². The maximum absolute atomic E-state index is 5.76. The molecule has 0 heterocycles. The molecule has 1 saturated carbocycles. The number of hydrogen-bond acceptors (Lipinski definition) is 2. The Labute approximate surface area is 108 Å². The lowest BCUT2D eigenvalue weighted by molar-refractivity contribution is 0.303. The molecule has 1 aliphatic rings. The van der Waals surface area contributed by atoms with Crippen molar-refractivity contribution in [1.82, 2.24) is 5.32 Å². The third kappa shape index (κ3) is 6.42. The van der Waals surface area contributed by atoms with Crippen LogP contribution in [0.3, 0.4) is 0 Å². The third-order valence-electron chi connectivity index (χ3n) is 4.21. The van der Waals surface area contributed by atoms with Crippen molar-refractivity contribution in [2.75, 3.05) is 13.1 Å². The van der Waals surface area contributed by atoms with Crippen molar-refractivity contribution in [2.24, 2.45) is 17.1 Å². The summed E-state index contributed by atoms with van der Waals surface area (Å²) in [6, 6.07) is 0.368. The molecule has 2 nitrogen and oxygen atoms in total. The van der Waals surface area contributed by atoms with Crippen LogP contribution in [0.15, 0.2) is 0 Å². The topological polar surface area (TPSA) is 38.0 Å². The fourth-order valence-electron chi connectivity index (χ4n) is 2.92. The van der Waals surface area contributed by atoms with Crippen LogP contribution in [0, 0.1) is 11.3 Å². The van der Waals surface area contributed by atoms with E-state index in [0.717, 1.165) is 5.92 Å². The average molecular weight is 240 g/mol. The van der Waals surface area contributed by atoms with E-state index in [4.69, 9.17) is 5.73 Å². The Morgan fingerprint density at radius 3 is 2.41 bits per heavy atom. The molecular formula is C15H32N2. The second-order valence-electron chi connectivity index (χ2n) is 6.66. The van der Waals surface area contributed by atoms with Crippen LogP contribution in [-0.4, -0.2) is 19.1 Å². The molecule has 0 spiro atoms. The second-order valence-corrected chi connectivity index (χ2v) is 6.66. The minimum Gasteiger partial charge on any atom is -0.328 e. The van der Waals surface area contributed by atoms with Crippen LogP contribution in [0.4, 0.5) is 0 Å². The van der Waals surface area contributed by atoms with Crippen LogP contribution >= 0.6 is 0 Å². The SMILES string of the molecule is CC(N)CCCC(C)CNCC1(C)CCCC1. The zero-order chi connectivity index (χ0) is 12.7. The van der Waals surface area contributed by atoms with Gasteiger partial charge in [0.2, 0.25) is 0 Å². The van der Waals surface area contributed by atoms with Crippen LogP contribution in [0.1, 0.15) is 65.7 Å². The van der Waals surface area contributed by atoms with E-state index in [0.29, 0.717) is 11.5 Å². The highest BCUT2D eigenvalue weighted by Crippen LogP contribution is 2.36. The van der Waals surface area contributed by atoms with Crippen LogP contribution < -0.4 is 11.1 Å². The van der Waals surface area contributed by atoms with E-state index in [1.807, 2.05) is 0 Å². The molecule has 2 unspecified atom stereocenters. The van der Waals surface area contributed by atoms with Crippen LogP contribution in [0.25, 0.3) is 0 Å². The smallest absolute Gasteiger partial charge is 0.00104 e. The highest BCUT2D eigenvalue weighted by atomic mass is 14.9. The summed E-state index contributed by atoms with van der Waals surface area (Å²) in [5, 5.41) is 3.67. The van der Waals surface area contributed by atoms with Crippen molar-refractivity contribution in [1.29, 1.82) is 0 Å². The Balaban J connectivity index is 2.01. The minimum absolute atomic E-state index is 0.368. The molecule has 0 amide bonds. The highest BCUT2D eigenvalue weighted by Gasteiger charge is 2.27. The van der Waals surface area contributed by atoms with Crippen molar-refractivity contribution in [2.45, 2.75) is 71.8 Å². The molecule has 17 heavy (non-hydrogen) atoms. The molecule has 0 aromatic carbocycles. The van der Waals surface area contributed by atoms with Gasteiger partial charge in [-0.1, -0.05) is 33.1 Å². The van der Waals surface area contributed by atoms with E-state index in [-0.39, 0.29) is 0 Å². The summed E-state index contributed by atoms with van der Waals surface area (Å²) in [7, 11) is 0. The first-order valence-corrected chi connectivity index (χ1v) is 7.48. The first kappa shape index (κ1) is 15.0. The van der Waals surface area contributed by atoms with Gasteiger partial charge in [-0.25, -0.2) is 0 Å². The summed E-state index contributed by atoms with van der Waals surface area (Å²) in [5.41, 5.74) is 6.35. The Morgan fingerprint density at radius 2 is 1.82 bits per heavy atom. The molecule has 1 aliphatic carbocycles. The molecular weight excluding hydrogens is 208 g/mol. The molecule has 0 aliphatic heterocycles. The van der Waals surface area contributed by atoms with Gasteiger partial charge in [-0.3, -0.25) is 0 Å². The Bertz CT molecular complexity index is 195. The molecule has 102 valence electrons. The van der Waals surface area contributed by atoms with E-state index in [1.165, 1.54) is 58.0 Å². The van der Waals surface area contributed by atoms with Gasteiger partial charge in [0, 0.05) is 12.6 Å². The zero-order valence-electron chi connectivity index (χ0n) is 12.1. The molecule has 1 rings (SSSR count). The summed E-state index contributed by atoms with van der Waals surface area (Å²) in [5.74, 6) is 0.791. The van der Waals surface area contributed by atoms with Gasteiger partial charge in [0.1, 0.15) is 0 Å². The lowest BCUT2D eigenvalue weighted by Gasteiger charge is -2.25. The molecule has 0 radical (unpaired) electrons. The van der Waals surface area contributed by atoms with Gasteiger partial charge in [-0.15, -0.1) is 0 Å². The maximum Gasteiger partial charge on any atom is 0.00104 e. The van der Waals surface area contributed by atoms with Gasteiger partial charge in [0.25, 0.3) is 0 Å². The van der Waals surface area contributed by atoms with E-state index < -0.39 is 0 Å². The number of nitrogens with two attached hydrogens (primary N) is 1. The van der Waals surface area contributed by atoms with Gasteiger partial charge in [0.15, 0.2) is 0 Å². The zero-order valence-corrected chi connectivity index (χ0v) is 12.1. The normalized spacial score (nSPS) is 22.6. The molecule has 0 aromatic heterocycles. The fourth-order valence-corrected chi connectivity index (χ4v) is 2.92. The number of nitrogens with one attached hydrogen (secondary N) is 1. The lowest BCUT2D eigenvalue weighted by atomic mass is 9.88. The van der Waals surface area contributed by atoms with E-state index >= 15 is 0 Å². The van der Waals surface area contributed by atoms with Crippen molar-refractivity contribution < 1.29 is 0 Å². The number of hydrogen-bond donors (Lipinski definition) is 2. The van der Waals surface area contributed by atoms with Crippen LogP contribution in [-0.2, 0) is 0 Å². The summed E-state index contributed by atoms with van der Waals surface area (Å²) in [6.45, 7) is 9.28. The maximum atomic E-state index is 5.76. The summed E-state index contributed by atoms with van der Waals surface area (Å²) in [4.78, 5) is 0. The summed E-state index contributed by atoms with van der Waals surface area (Å²) < 4.78 is 0. The van der Waals surface area contributed by atoms with Gasteiger partial charge in [-0.2, -0.15) is 0 Å². The van der Waals surface area contributed by atoms with Gasteiger partial charge >= 0.3 is 0 Å².